The van der Waals surface area contributed by atoms with E-state index in [0.717, 1.165) is 0 Å². The standard InChI is InChI=1S/C5H10O3/c1-4(2)3-8-5(6)7/h4H,3H2,1-2H3,(H,6,7). The first-order valence-corrected chi connectivity index (χ1v) is 2.48. The van der Waals surface area contributed by atoms with Crippen molar-refractivity contribution in [1.82, 2.24) is 0 Å². The molecule has 0 aromatic carbocycles. The van der Waals surface area contributed by atoms with E-state index in [-0.39, 0.29) is 12.5 Å². The third-order valence-electron chi connectivity index (χ3n) is 0.540. The smallest absolute Gasteiger partial charge is 0.450 e. The lowest BCUT2D eigenvalue weighted by molar-refractivity contribution is 0.0814. The van der Waals surface area contributed by atoms with Crippen molar-refractivity contribution in [1.29, 1.82) is 0 Å². The molecule has 0 aromatic rings. The largest absolute Gasteiger partial charge is 0.505 e. The highest BCUT2D eigenvalue weighted by Crippen LogP contribution is 1.91. The topological polar surface area (TPSA) is 46.5 Å². The van der Waals surface area contributed by atoms with E-state index in [1.165, 1.54) is 0 Å². The zero-order valence-electron chi connectivity index (χ0n) is 5.05. The summed E-state index contributed by atoms with van der Waals surface area (Å²) >= 11 is 0. The third kappa shape index (κ3) is 5.27. The molecule has 0 bridgehead atoms. The predicted octanol–water partition coefficient (Wildman–Crippen LogP) is 1.34. The Hall–Kier alpha value is -0.730. The van der Waals surface area contributed by atoms with Crippen LogP contribution in [0.15, 0.2) is 0 Å². The van der Waals surface area contributed by atoms with E-state index >= 15 is 0 Å². The Morgan fingerprint density at radius 3 is 2.38 bits per heavy atom. The maximum atomic E-state index is 9.68. The van der Waals surface area contributed by atoms with E-state index in [1.54, 1.807) is 0 Å². The first kappa shape index (κ1) is 7.27. The van der Waals surface area contributed by atoms with Crippen LogP contribution >= 0.6 is 0 Å². The van der Waals surface area contributed by atoms with Gasteiger partial charge in [-0.1, -0.05) is 13.8 Å². The van der Waals surface area contributed by atoms with Crippen LogP contribution in [0.25, 0.3) is 0 Å². The highest BCUT2D eigenvalue weighted by atomic mass is 16.7. The zero-order valence-corrected chi connectivity index (χ0v) is 5.05. The molecule has 3 nitrogen and oxygen atoms in total. The highest BCUT2D eigenvalue weighted by Gasteiger charge is 1.97. The summed E-state index contributed by atoms with van der Waals surface area (Å²) in [5, 5.41) is 7.94. The number of hydrogen-bond donors (Lipinski definition) is 1. The van der Waals surface area contributed by atoms with Gasteiger partial charge in [-0.3, -0.25) is 0 Å². The Kier molecular flexibility index (Phi) is 2.99. The minimum atomic E-state index is -1.20. The van der Waals surface area contributed by atoms with Gasteiger partial charge in [0.15, 0.2) is 0 Å². The van der Waals surface area contributed by atoms with Crippen molar-refractivity contribution in [3.63, 3.8) is 0 Å². The van der Waals surface area contributed by atoms with E-state index in [0.29, 0.717) is 0 Å². The molecule has 0 saturated heterocycles. The first-order valence-electron chi connectivity index (χ1n) is 2.48. The summed E-state index contributed by atoms with van der Waals surface area (Å²) in [6.07, 6.45) is -1.20. The van der Waals surface area contributed by atoms with Crippen LogP contribution in [0, 0.1) is 5.92 Å². The second-order valence-corrected chi connectivity index (χ2v) is 1.97. The lowest BCUT2D eigenvalue weighted by Gasteiger charge is -2.00. The van der Waals surface area contributed by atoms with Crippen LogP contribution in [0.1, 0.15) is 13.8 Å². The van der Waals surface area contributed by atoms with Gasteiger partial charge in [-0.05, 0) is 5.92 Å². The fourth-order valence-electron chi connectivity index (χ4n) is 0.238. The molecule has 0 fully saturated rings. The molecule has 1 N–H and O–H groups in total. The number of carboxylic acid groups (broad SMARTS) is 1. The number of rotatable bonds is 2. The van der Waals surface area contributed by atoms with E-state index in [1.807, 2.05) is 13.8 Å². The second-order valence-electron chi connectivity index (χ2n) is 1.97. The summed E-state index contributed by atoms with van der Waals surface area (Å²) in [4.78, 5) is 9.68. The Labute approximate surface area is 48.3 Å². The maximum absolute atomic E-state index is 9.68. The van der Waals surface area contributed by atoms with Crippen LogP contribution in [0.4, 0.5) is 4.79 Å². The summed E-state index contributed by atoms with van der Waals surface area (Å²) in [5.74, 6) is 0.283. The lowest BCUT2D eigenvalue weighted by atomic mass is 10.2. The summed E-state index contributed by atoms with van der Waals surface area (Å²) in [6, 6.07) is 0. The average Bonchev–Trinajstić information content (AvgIpc) is 1.61. The minimum absolute atomic E-state index is 0.283. The van der Waals surface area contributed by atoms with Gasteiger partial charge >= 0.3 is 6.16 Å². The molecule has 3 heteroatoms. The summed E-state index contributed by atoms with van der Waals surface area (Å²) in [6.45, 7) is 4.07. The summed E-state index contributed by atoms with van der Waals surface area (Å²) in [5.41, 5.74) is 0. The van der Waals surface area contributed by atoms with Gasteiger partial charge in [0.05, 0.1) is 6.61 Å². The van der Waals surface area contributed by atoms with Crippen molar-refractivity contribution in [2.24, 2.45) is 5.92 Å². The van der Waals surface area contributed by atoms with Crippen LogP contribution in [-0.2, 0) is 4.74 Å². The van der Waals surface area contributed by atoms with Crippen LogP contribution in [0.3, 0.4) is 0 Å². The molecule has 0 aromatic heterocycles. The molecule has 0 heterocycles. The fourth-order valence-corrected chi connectivity index (χ4v) is 0.238. The molecular formula is C5H10O3. The van der Waals surface area contributed by atoms with Crippen molar-refractivity contribution >= 4 is 6.16 Å². The highest BCUT2D eigenvalue weighted by molar-refractivity contribution is 5.56. The molecular weight excluding hydrogens is 108 g/mol. The van der Waals surface area contributed by atoms with Gasteiger partial charge in [-0.2, -0.15) is 0 Å². The molecule has 0 aliphatic heterocycles. The Morgan fingerprint density at radius 1 is 1.75 bits per heavy atom. The lowest BCUT2D eigenvalue weighted by Crippen LogP contribution is -2.06. The Morgan fingerprint density at radius 2 is 2.25 bits per heavy atom. The molecule has 0 aliphatic carbocycles. The molecule has 0 saturated carbocycles. The van der Waals surface area contributed by atoms with Crippen molar-refractivity contribution in [3.8, 4) is 0 Å². The first-order chi connectivity index (χ1) is 3.63. The molecule has 0 rings (SSSR count). The van der Waals surface area contributed by atoms with Crippen LogP contribution in [0.2, 0.25) is 0 Å². The van der Waals surface area contributed by atoms with Crippen molar-refractivity contribution in [3.05, 3.63) is 0 Å². The van der Waals surface area contributed by atoms with Gasteiger partial charge in [-0.15, -0.1) is 0 Å². The molecule has 0 amide bonds. The molecule has 48 valence electrons. The van der Waals surface area contributed by atoms with Crippen molar-refractivity contribution < 1.29 is 14.6 Å². The van der Waals surface area contributed by atoms with E-state index < -0.39 is 6.16 Å². The maximum Gasteiger partial charge on any atom is 0.505 e. The Bertz CT molecular complexity index is 77.7. The number of carbonyl (C=O) groups is 1. The van der Waals surface area contributed by atoms with Crippen LogP contribution in [-0.4, -0.2) is 17.9 Å². The fraction of sp³-hybridized carbons (Fsp3) is 0.800. The molecule has 0 radical (unpaired) electrons. The van der Waals surface area contributed by atoms with Crippen molar-refractivity contribution in [2.75, 3.05) is 6.61 Å². The van der Waals surface area contributed by atoms with Gasteiger partial charge in [0.1, 0.15) is 0 Å². The third-order valence-corrected chi connectivity index (χ3v) is 0.540. The van der Waals surface area contributed by atoms with E-state index in [2.05, 4.69) is 4.74 Å². The van der Waals surface area contributed by atoms with Crippen molar-refractivity contribution in [2.45, 2.75) is 13.8 Å². The quantitative estimate of drug-likeness (QED) is 0.556. The molecule has 8 heavy (non-hydrogen) atoms. The van der Waals surface area contributed by atoms with Gasteiger partial charge < -0.3 is 9.84 Å². The molecule has 0 unspecified atom stereocenters. The van der Waals surface area contributed by atoms with Crippen LogP contribution in [0.5, 0.6) is 0 Å². The number of ether oxygens (including phenoxy) is 1. The normalized spacial score (nSPS) is 9.38. The van der Waals surface area contributed by atoms with E-state index in [4.69, 9.17) is 5.11 Å². The zero-order chi connectivity index (χ0) is 6.57. The molecule has 0 spiro atoms. The summed E-state index contributed by atoms with van der Waals surface area (Å²) < 4.78 is 4.22. The average molecular weight is 118 g/mol. The predicted molar refractivity (Wildman–Crippen MR) is 28.8 cm³/mol. The second kappa shape index (κ2) is 3.29. The van der Waals surface area contributed by atoms with Crippen LogP contribution < -0.4 is 0 Å². The molecule has 0 atom stereocenters. The van der Waals surface area contributed by atoms with E-state index in [9.17, 15) is 4.79 Å². The van der Waals surface area contributed by atoms with Gasteiger partial charge in [0.2, 0.25) is 0 Å². The number of hydrogen-bond acceptors (Lipinski definition) is 2. The van der Waals surface area contributed by atoms with Gasteiger partial charge in [0, 0.05) is 0 Å². The Balaban J connectivity index is 3.05. The van der Waals surface area contributed by atoms with Gasteiger partial charge in [-0.25, -0.2) is 4.79 Å². The monoisotopic (exact) mass is 118 g/mol. The summed E-state index contributed by atoms with van der Waals surface area (Å²) in [7, 11) is 0. The minimum Gasteiger partial charge on any atom is -0.450 e. The van der Waals surface area contributed by atoms with Gasteiger partial charge in [0.25, 0.3) is 0 Å². The molecule has 0 aliphatic rings. The SMILES string of the molecule is CC(C)COC(=O)O.